The SMILES string of the molecule is CN(C)C=O.CN(C)C=O.CN(C)C=O.CN(C)C=O.CN(C)C=O.CN(C)C=O.CN(C)C=O.CN(C)C=O.CN(C)C=O.CN(C)C=O.CN(C)C=O.CN(C)C=O.CN(C)C=O.CN(C)C=O.CN(C)C=O.CN(C)C=O.CN(C)C=O.CN(C)C=O.CN(C)C=O.CN(C)C=O.CN(C)C=O.CN(C)C=O.C[N-]C.C[N-]C.[Cl-].[Cl-].[Cl-].[Cl-].[Cl-].[Cl-].[Cl-].[Cl-].[Cl-].[Cl-].[Cl-].[Cl-].[Cl-].[Cl-].[Cl-].[Cl-].[Fe+2].[Fe+2].[Fe+2].[Fe+2].[Fe].[Fe].[Fe].[Fe].[H+].[H+].[H+].[H+].[H+].[H+]. The van der Waals surface area contributed by atoms with Gasteiger partial charge in [-0.2, -0.15) is 28.2 Å². The first-order chi connectivity index (χ1) is 52.8. The maximum absolute atomic E-state index is 9.43. The molecule has 0 aromatic carbocycles. The zero-order valence-electron chi connectivity index (χ0n) is 95.3. The smallest absolute Gasteiger partial charge is 1.00 e. The van der Waals surface area contributed by atoms with E-state index in [0.717, 1.165) is 141 Å². The van der Waals surface area contributed by atoms with Crippen molar-refractivity contribution in [1.29, 1.82) is 0 Å². The second kappa shape index (κ2) is 327. The predicted octanol–water partition coefficient (Wildman–Crippen LogP) is -52.5. The van der Waals surface area contributed by atoms with E-state index in [4.69, 9.17) is 0 Å². The van der Waals surface area contributed by atoms with Gasteiger partial charge in [0.1, 0.15) is 0 Å². The van der Waals surface area contributed by atoms with E-state index in [1.54, 1.807) is 338 Å². The second-order valence-corrected chi connectivity index (χ2v) is 24.4. The van der Waals surface area contributed by atoms with Crippen molar-refractivity contribution in [3.63, 3.8) is 0 Å². The Morgan fingerprint density at radius 1 is 0.107 bits per heavy atom. The number of carbonyl (C=O) groups is 22. The van der Waals surface area contributed by atoms with Crippen LogP contribution in [0.1, 0.15) is 8.56 Å². The van der Waals surface area contributed by atoms with Gasteiger partial charge in [-0.1, -0.05) is 0 Å². The summed E-state index contributed by atoms with van der Waals surface area (Å²) in [5, 5.41) is 7.00. The fourth-order valence-electron chi connectivity index (χ4n) is 0. The van der Waals surface area contributed by atoms with Gasteiger partial charge in [0.2, 0.25) is 141 Å². The van der Waals surface area contributed by atoms with Gasteiger partial charge in [-0.25, -0.2) is 0 Å². The number of nitrogens with zero attached hydrogens (tertiary/aromatic N) is 24. The molecule has 70 heteroatoms. The van der Waals surface area contributed by atoms with E-state index < -0.39 is 0 Å². The van der Waals surface area contributed by atoms with Crippen molar-refractivity contribution in [2.24, 2.45) is 0 Å². The number of hydrogen-bond donors (Lipinski definition) is 0. The summed E-state index contributed by atoms with van der Waals surface area (Å²) in [6, 6.07) is 0. The van der Waals surface area contributed by atoms with E-state index in [0.29, 0.717) is 0 Å². The van der Waals surface area contributed by atoms with Crippen LogP contribution in [0.2, 0.25) is 0 Å². The van der Waals surface area contributed by atoms with Crippen LogP contribution in [0, 0.1) is 0 Å². The summed E-state index contributed by atoms with van der Waals surface area (Å²) in [7, 11) is 81.2. The number of halogens is 16. The van der Waals surface area contributed by atoms with Crippen molar-refractivity contribution in [3.8, 4) is 0 Å². The molecule has 0 atom stereocenters. The Morgan fingerprint density at radius 3 is 0.114 bits per heavy atom. The molecule has 22 amide bonds. The van der Waals surface area contributed by atoms with Crippen molar-refractivity contribution >= 4 is 141 Å². The molecule has 140 heavy (non-hydrogen) atoms. The average Bonchev–Trinajstić information content (AvgIpc) is 3.67. The first-order valence-corrected chi connectivity index (χ1v) is 32.3. The minimum absolute atomic E-state index is 0. The van der Waals surface area contributed by atoms with Gasteiger partial charge in [0, 0.05) is 378 Å². The van der Waals surface area contributed by atoms with E-state index in [2.05, 4.69) is 10.6 Å². The Morgan fingerprint density at radius 2 is 0.114 bits per heavy atom. The summed E-state index contributed by atoms with van der Waals surface area (Å²) in [4.78, 5) is 239. The number of hydrogen-bond acceptors (Lipinski definition) is 22. The number of carbonyl (C=O) groups excluding carboxylic acids is 22. The van der Waals surface area contributed by atoms with Crippen LogP contribution in [0.5, 0.6) is 0 Å². The molecule has 0 aliphatic carbocycles. The normalized spacial score (nSPS) is 5.60. The van der Waals surface area contributed by atoms with E-state index in [9.17, 15) is 105 Å². The summed E-state index contributed by atoms with van der Waals surface area (Å²) in [5.74, 6) is 0. The Balaban J connectivity index is -0.0000000115. The zero-order valence-corrected chi connectivity index (χ0v) is 110. The van der Waals surface area contributed by atoms with Gasteiger partial charge >= 0.3 is 76.8 Å². The van der Waals surface area contributed by atoms with Crippen LogP contribution in [0.25, 0.3) is 10.6 Å². The van der Waals surface area contributed by atoms with Crippen LogP contribution in [0.3, 0.4) is 0 Å². The van der Waals surface area contributed by atoms with E-state index in [1.807, 2.05) is 0 Å². The Labute approximate surface area is 1040 Å². The Bertz CT molecular complexity index is 1520. The summed E-state index contributed by atoms with van der Waals surface area (Å²) >= 11 is 0. The number of rotatable bonds is 22. The minimum atomic E-state index is 0. The molecule has 0 saturated heterocycles. The third kappa shape index (κ3) is 1440. The molecule has 0 aliphatic heterocycles. The molecule has 0 aromatic rings. The Kier molecular flexibility index (Phi) is 748. The molecule has 0 bridgehead atoms. The van der Waals surface area contributed by atoms with Gasteiger partial charge in [0.15, 0.2) is 0 Å². The molecule has 0 aliphatic rings. The molecule has 0 aromatic heterocycles. The molecule has 0 radical (unpaired) electrons. The first kappa shape index (κ1) is 320. The molecular weight excluding hydrogens is 2540 g/mol. The van der Waals surface area contributed by atoms with Crippen molar-refractivity contribution in [2.75, 3.05) is 338 Å². The largest absolute Gasteiger partial charge is 2.00 e. The molecule has 0 rings (SSSR count). The number of amides is 22. The third-order valence-electron chi connectivity index (χ3n) is 4.64. The quantitative estimate of drug-likeness (QED) is 0.0717. The fraction of sp³-hybridized carbons (Fsp3) is 0.686. The molecule has 0 fully saturated rings. The van der Waals surface area contributed by atoms with Crippen LogP contribution in [-0.2, 0) is 242 Å². The maximum Gasteiger partial charge on any atom is 2.00 e. The van der Waals surface area contributed by atoms with Crippen molar-refractivity contribution in [2.45, 2.75) is 0 Å². The van der Waals surface area contributed by atoms with Crippen molar-refractivity contribution in [3.05, 3.63) is 10.6 Å². The van der Waals surface area contributed by atoms with Crippen molar-refractivity contribution in [1.82, 2.24) is 108 Å². The Hall–Kier alpha value is -2.94. The fourth-order valence-corrected chi connectivity index (χ4v) is 0. The van der Waals surface area contributed by atoms with Gasteiger partial charge in [-0.15, -0.1) is 0 Å². The van der Waals surface area contributed by atoms with Gasteiger partial charge < -0.3 is 317 Å². The van der Waals surface area contributed by atoms with Gasteiger partial charge in [-0.05, 0) is 0 Å². The van der Waals surface area contributed by atoms with Gasteiger partial charge in [0.25, 0.3) is 0 Å². The summed E-state index contributed by atoms with van der Waals surface area (Å²) in [6.45, 7) is 0. The average molecular weight is 2720 g/mol. The molecular formula is C70H172Cl16Fe8N24O22-4. The molecule has 884 valence electrons. The van der Waals surface area contributed by atoms with Crippen molar-refractivity contribution < 1.29 is 449 Å². The first-order valence-electron chi connectivity index (χ1n) is 32.3. The summed E-state index contributed by atoms with van der Waals surface area (Å²) in [6.07, 6.45) is 16.5. The topological polar surface area (TPSA) is 475 Å². The van der Waals surface area contributed by atoms with Gasteiger partial charge in [-0.3, -0.25) is 105 Å². The van der Waals surface area contributed by atoms with E-state index in [1.165, 1.54) is 108 Å². The second-order valence-electron chi connectivity index (χ2n) is 24.4. The predicted molar refractivity (Wildman–Crippen MR) is 472 cm³/mol. The zero-order chi connectivity index (χ0) is 99.7. The maximum atomic E-state index is 9.43. The van der Waals surface area contributed by atoms with Crippen LogP contribution in [0.15, 0.2) is 0 Å². The molecule has 0 heterocycles. The summed E-state index contributed by atoms with van der Waals surface area (Å²) < 4.78 is 0. The molecule has 0 N–H and O–H groups in total. The minimum Gasteiger partial charge on any atom is -1.00 e. The van der Waals surface area contributed by atoms with Gasteiger partial charge in [0.05, 0.1) is 0 Å². The van der Waals surface area contributed by atoms with Crippen LogP contribution < -0.4 is 199 Å². The standard InChI is InChI=1S/22C3H7NO.2C2H6N.16ClH.8Fe/c22*1-4(2)3-5;2*1-3-2;;;;;;;;;;;;;;;;;;;;;;;;/h22*3H,1-2H3;2*1-2H3;16*1H;;;;;;;;/q;;;;;;;;;;;;;;;;;;;;;;2*-1;;;;;;;;;;;;;;;;;;;;;4*+2/p-10. The molecule has 0 saturated carbocycles. The van der Waals surface area contributed by atoms with Crippen LogP contribution >= 0.6 is 0 Å². The van der Waals surface area contributed by atoms with Crippen LogP contribution in [-0.4, -0.2) is 587 Å². The van der Waals surface area contributed by atoms with Crippen LogP contribution in [0.4, 0.5) is 0 Å². The molecule has 0 spiro atoms. The molecule has 46 nitrogen and oxygen atoms in total. The third-order valence-corrected chi connectivity index (χ3v) is 4.64. The summed E-state index contributed by atoms with van der Waals surface area (Å²) in [5.41, 5.74) is 0. The van der Waals surface area contributed by atoms with E-state index >= 15 is 0 Å². The van der Waals surface area contributed by atoms with E-state index in [-0.39, 0.29) is 344 Å². The molecule has 0 unspecified atom stereocenters. The monoisotopic (exact) mass is 2710 g/mol.